The minimum Gasteiger partial charge on any atom is -0.545 e. The Morgan fingerprint density at radius 2 is 1.89 bits per heavy atom. The smallest absolute Gasteiger partial charge is 0.0752 e. The molecule has 0 saturated carbocycles. The Morgan fingerprint density at radius 1 is 1.22 bits per heavy atom. The number of carboxylic acids is 1. The number of carbonyl (C=O) groups is 1. The van der Waals surface area contributed by atoms with E-state index in [1.807, 2.05) is 44.2 Å². The van der Waals surface area contributed by atoms with Gasteiger partial charge in [-0.2, -0.15) is 5.10 Å². The second-order valence-corrected chi connectivity index (χ2v) is 4.01. The topological polar surface area (TPSA) is 58.0 Å². The Morgan fingerprint density at radius 3 is 2.39 bits per heavy atom. The van der Waals surface area contributed by atoms with Gasteiger partial charge in [-0.05, 0) is 25.0 Å². The van der Waals surface area contributed by atoms with E-state index in [9.17, 15) is 9.90 Å². The molecule has 4 heteroatoms. The first-order chi connectivity index (χ1) is 8.69. The van der Waals surface area contributed by atoms with Crippen molar-refractivity contribution in [3.63, 3.8) is 0 Å². The van der Waals surface area contributed by atoms with Crippen LogP contribution in [0.25, 0.3) is 5.69 Å². The number of aryl methyl sites for hydroxylation is 1. The fourth-order valence-corrected chi connectivity index (χ4v) is 2.10. The van der Waals surface area contributed by atoms with Crippen LogP contribution in [-0.4, -0.2) is 15.7 Å². The van der Waals surface area contributed by atoms with Gasteiger partial charge >= 0.3 is 0 Å². The van der Waals surface area contributed by atoms with Crippen LogP contribution in [0.5, 0.6) is 0 Å². The highest BCUT2D eigenvalue weighted by Gasteiger charge is 2.16. The average molecular weight is 243 g/mol. The van der Waals surface area contributed by atoms with E-state index in [1.165, 1.54) is 0 Å². The minimum absolute atomic E-state index is 0.240. The number of carboxylic acid groups (broad SMARTS) is 1. The van der Waals surface area contributed by atoms with Gasteiger partial charge in [-0.1, -0.05) is 32.0 Å². The van der Waals surface area contributed by atoms with Crippen molar-refractivity contribution >= 4 is 5.97 Å². The third kappa shape index (κ3) is 2.01. The zero-order valence-corrected chi connectivity index (χ0v) is 10.5. The van der Waals surface area contributed by atoms with Crippen LogP contribution >= 0.6 is 0 Å². The molecule has 18 heavy (non-hydrogen) atoms. The Balaban J connectivity index is 2.65. The van der Waals surface area contributed by atoms with Crippen molar-refractivity contribution < 1.29 is 9.90 Å². The molecule has 0 fully saturated rings. The van der Waals surface area contributed by atoms with Crippen LogP contribution in [0.15, 0.2) is 30.3 Å². The van der Waals surface area contributed by atoms with Crippen molar-refractivity contribution in [2.75, 3.05) is 0 Å². The largest absolute Gasteiger partial charge is 0.545 e. The fourth-order valence-electron chi connectivity index (χ4n) is 2.10. The van der Waals surface area contributed by atoms with Gasteiger partial charge in [0.1, 0.15) is 0 Å². The molecule has 0 saturated heterocycles. The van der Waals surface area contributed by atoms with Gasteiger partial charge in [-0.15, -0.1) is 0 Å². The molecule has 94 valence electrons. The molecule has 2 rings (SSSR count). The van der Waals surface area contributed by atoms with E-state index in [2.05, 4.69) is 5.10 Å². The lowest BCUT2D eigenvalue weighted by Gasteiger charge is -2.08. The number of benzene rings is 1. The van der Waals surface area contributed by atoms with Crippen LogP contribution in [-0.2, 0) is 12.8 Å². The van der Waals surface area contributed by atoms with Crippen molar-refractivity contribution in [2.24, 2.45) is 0 Å². The molecular formula is C14H15N2O2-. The van der Waals surface area contributed by atoms with Gasteiger partial charge in [0.05, 0.1) is 23.0 Å². The molecule has 0 amide bonds. The van der Waals surface area contributed by atoms with Crippen LogP contribution in [0.1, 0.15) is 35.6 Å². The number of hydrogen-bond donors (Lipinski definition) is 0. The highest BCUT2D eigenvalue weighted by molar-refractivity contribution is 5.88. The molecule has 0 unspecified atom stereocenters. The van der Waals surface area contributed by atoms with Gasteiger partial charge in [0.2, 0.25) is 0 Å². The molecule has 4 nitrogen and oxygen atoms in total. The summed E-state index contributed by atoms with van der Waals surface area (Å²) in [4.78, 5) is 11.2. The molecule has 0 spiro atoms. The van der Waals surface area contributed by atoms with Crippen LogP contribution in [0.4, 0.5) is 0 Å². The first-order valence-corrected chi connectivity index (χ1v) is 6.06. The van der Waals surface area contributed by atoms with Gasteiger partial charge in [0, 0.05) is 5.56 Å². The zero-order valence-electron chi connectivity index (χ0n) is 10.5. The number of carbonyl (C=O) groups excluding carboxylic acids is 1. The number of para-hydroxylation sites is 1. The van der Waals surface area contributed by atoms with E-state index in [-0.39, 0.29) is 5.56 Å². The number of aromatic carboxylic acids is 1. The molecule has 1 aromatic carbocycles. The van der Waals surface area contributed by atoms with Crippen LogP contribution in [0, 0.1) is 0 Å². The first-order valence-electron chi connectivity index (χ1n) is 6.06. The normalized spacial score (nSPS) is 10.6. The SMILES string of the molecule is CCc1nn(-c2ccccc2)c(CC)c1C(=O)[O-]. The molecule has 1 heterocycles. The first kappa shape index (κ1) is 12.4. The lowest BCUT2D eigenvalue weighted by Crippen LogP contribution is -2.24. The summed E-state index contributed by atoms with van der Waals surface area (Å²) in [6.45, 7) is 3.81. The summed E-state index contributed by atoms with van der Waals surface area (Å²) in [6, 6.07) is 9.54. The van der Waals surface area contributed by atoms with Gasteiger partial charge < -0.3 is 9.90 Å². The molecular weight excluding hydrogens is 228 g/mol. The summed E-state index contributed by atoms with van der Waals surface area (Å²) in [7, 11) is 0. The Bertz CT molecular complexity index is 559. The molecule has 2 aromatic rings. The fraction of sp³-hybridized carbons (Fsp3) is 0.286. The third-order valence-corrected chi connectivity index (χ3v) is 2.93. The van der Waals surface area contributed by atoms with Crippen molar-refractivity contribution in [1.29, 1.82) is 0 Å². The average Bonchev–Trinajstić information content (AvgIpc) is 2.78. The highest BCUT2D eigenvalue weighted by Crippen LogP contribution is 2.19. The van der Waals surface area contributed by atoms with E-state index in [0.29, 0.717) is 24.2 Å². The second-order valence-electron chi connectivity index (χ2n) is 4.01. The zero-order chi connectivity index (χ0) is 13.1. The van der Waals surface area contributed by atoms with Crippen LogP contribution in [0.3, 0.4) is 0 Å². The molecule has 0 N–H and O–H groups in total. The van der Waals surface area contributed by atoms with Crippen LogP contribution < -0.4 is 5.11 Å². The number of rotatable bonds is 4. The quantitative estimate of drug-likeness (QED) is 0.814. The Kier molecular flexibility index (Phi) is 3.46. The van der Waals surface area contributed by atoms with Gasteiger partial charge in [0.15, 0.2) is 0 Å². The van der Waals surface area contributed by atoms with Gasteiger partial charge in [-0.3, -0.25) is 0 Å². The molecule has 0 radical (unpaired) electrons. The minimum atomic E-state index is -1.15. The van der Waals surface area contributed by atoms with Crippen molar-refractivity contribution in [1.82, 2.24) is 9.78 Å². The van der Waals surface area contributed by atoms with E-state index in [1.54, 1.807) is 4.68 Å². The molecule has 0 aliphatic carbocycles. The summed E-state index contributed by atoms with van der Waals surface area (Å²) >= 11 is 0. The summed E-state index contributed by atoms with van der Waals surface area (Å²) in [5.41, 5.74) is 2.38. The van der Waals surface area contributed by atoms with Gasteiger partial charge in [-0.25, -0.2) is 4.68 Å². The Labute approximate surface area is 106 Å². The Hall–Kier alpha value is -2.10. The number of nitrogens with zero attached hydrogens (tertiary/aromatic N) is 2. The van der Waals surface area contributed by atoms with Crippen molar-refractivity contribution in [3.05, 3.63) is 47.3 Å². The molecule has 0 aliphatic heterocycles. The van der Waals surface area contributed by atoms with Crippen LogP contribution in [0.2, 0.25) is 0 Å². The number of hydrogen-bond acceptors (Lipinski definition) is 3. The lowest BCUT2D eigenvalue weighted by atomic mass is 10.1. The predicted octanol–water partition coefficient (Wildman–Crippen LogP) is 1.36. The molecule has 0 bridgehead atoms. The van der Waals surface area contributed by atoms with E-state index in [0.717, 1.165) is 5.69 Å². The predicted molar refractivity (Wildman–Crippen MR) is 66.7 cm³/mol. The molecule has 1 aromatic heterocycles. The molecule has 0 atom stereocenters. The summed E-state index contributed by atoms with van der Waals surface area (Å²) in [5.74, 6) is -1.15. The maximum absolute atomic E-state index is 11.2. The van der Waals surface area contributed by atoms with Crippen molar-refractivity contribution in [2.45, 2.75) is 26.7 Å². The van der Waals surface area contributed by atoms with E-state index >= 15 is 0 Å². The summed E-state index contributed by atoms with van der Waals surface area (Å²) < 4.78 is 1.70. The highest BCUT2D eigenvalue weighted by atomic mass is 16.4. The van der Waals surface area contributed by atoms with E-state index < -0.39 is 5.97 Å². The summed E-state index contributed by atoms with van der Waals surface area (Å²) in [5, 5.41) is 15.6. The molecule has 0 aliphatic rings. The van der Waals surface area contributed by atoms with Gasteiger partial charge in [0.25, 0.3) is 0 Å². The number of aromatic nitrogens is 2. The monoisotopic (exact) mass is 243 g/mol. The standard InChI is InChI=1S/C14H16N2O2/c1-3-11-13(14(17)18)12(4-2)16(15-11)10-8-6-5-7-9-10/h5-9H,3-4H2,1-2H3,(H,17,18)/p-1. The summed E-state index contributed by atoms with van der Waals surface area (Å²) in [6.07, 6.45) is 1.18. The van der Waals surface area contributed by atoms with E-state index in [4.69, 9.17) is 0 Å². The maximum atomic E-state index is 11.2. The van der Waals surface area contributed by atoms with Crippen molar-refractivity contribution in [3.8, 4) is 5.69 Å². The maximum Gasteiger partial charge on any atom is 0.0752 e. The lowest BCUT2D eigenvalue weighted by molar-refractivity contribution is -0.255. The second kappa shape index (κ2) is 5.04. The third-order valence-electron chi connectivity index (χ3n) is 2.93.